The predicted octanol–water partition coefficient (Wildman–Crippen LogP) is 4.37. The maximum Gasteiger partial charge on any atom is 0.0368 e. The largest absolute Gasteiger partial charge is 0.381 e. The first-order chi connectivity index (χ1) is 9.81. The van der Waals surface area contributed by atoms with Gasteiger partial charge in [0.15, 0.2) is 0 Å². The van der Waals surface area contributed by atoms with E-state index in [0.717, 1.165) is 12.5 Å². The van der Waals surface area contributed by atoms with Gasteiger partial charge in [0.05, 0.1) is 0 Å². The second-order valence-corrected chi connectivity index (χ2v) is 8.43. The van der Waals surface area contributed by atoms with Crippen molar-refractivity contribution >= 4 is 5.69 Å². The molecule has 0 radical (unpaired) electrons. The molecule has 21 heavy (non-hydrogen) atoms. The number of nitrogens with one attached hydrogen (secondary N) is 1. The van der Waals surface area contributed by atoms with Crippen molar-refractivity contribution in [3.8, 4) is 0 Å². The van der Waals surface area contributed by atoms with Gasteiger partial charge in [-0.05, 0) is 67.8 Å². The highest BCUT2D eigenvalue weighted by Gasteiger charge is 2.59. The summed E-state index contributed by atoms with van der Waals surface area (Å²) in [7, 11) is 4.25. The number of anilines is 1. The van der Waals surface area contributed by atoms with Crippen LogP contribution in [0.2, 0.25) is 0 Å². The van der Waals surface area contributed by atoms with Crippen LogP contribution in [0.1, 0.15) is 45.6 Å². The van der Waals surface area contributed by atoms with E-state index in [4.69, 9.17) is 0 Å². The molecule has 1 aromatic rings. The highest BCUT2D eigenvalue weighted by Crippen LogP contribution is 2.63. The third kappa shape index (κ3) is 2.59. The molecule has 1 N–H and O–H groups in total. The molecule has 2 aliphatic carbocycles. The Labute approximate surface area is 129 Å². The molecular formula is C19H30N2. The van der Waals surface area contributed by atoms with Crippen LogP contribution in [-0.4, -0.2) is 25.0 Å². The fourth-order valence-corrected chi connectivity index (χ4v) is 4.95. The molecule has 0 aliphatic heterocycles. The Morgan fingerprint density at radius 1 is 1.24 bits per heavy atom. The molecular weight excluding hydrogens is 256 g/mol. The third-order valence-electron chi connectivity index (χ3n) is 6.01. The fourth-order valence-electron chi connectivity index (χ4n) is 4.95. The molecule has 2 fully saturated rings. The van der Waals surface area contributed by atoms with E-state index in [1.54, 1.807) is 0 Å². The summed E-state index contributed by atoms with van der Waals surface area (Å²) in [5, 5.41) is 3.90. The minimum Gasteiger partial charge on any atom is -0.381 e. The second kappa shape index (κ2) is 5.01. The summed E-state index contributed by atoms with van der Waals surface area (Å²) in [6.45, 7) is 8.42. The number of hydrogen-bond acceptors (Lipinski definition) is 2. The molecule has 2 bridgehead atoms. The van der Waals surface area contributed by atoms with Gasteiger partial charge < -0.3 is 10.2 Å². The van der Waals surface area contributed by atoms with Crippen LogP contribution >= 0.6 is 0 Å². The predicted molar refractivity (Wildman–Crippen MR) is 90.5 cm³/mol. The lowest BCUT2D eigenvalue weighted by atomic mass is 9.68. The van der Waals surface area contributed by atoms with E-state index in [0.29, 0.717) is 16.9 Å². The van der Waals surface area contributed by atoms with E-state index in [9.17, 15) is 0 Å². The molecule has 0 saturated heterocycles. The lowest BCUT2D eigenvalue weighted by Gasteiger charge is -2.43. The summed E-state index contributed by atoms with van der Waals surface area (Å²) in [5.74, 6) is 0.893. The van der Waals surface area contributed by atoms with Crippen LogP contribution in [0.5, 0.6) is 0 Å². The van der Waals surface area contributed by atoms with E-state index in [2.05, 4.69) is 69.3 Å². The lowest BCUT2D eigenvalue weighted by molar-refractivity contribution is 0.155. The first-order valence-electron chi connectivity index (χ1n) is 8.31. The van der Waals surface area contributed by atoms with Gasteiger partial charge >= 0.3 is 0 Å². The summed E-state index contributed by atoms with van der Waals surface area (Å²) in [6.07, 6.45) is 4.20. The zero-order valence-electron chi connectivity index (χ0n) is 14.2. The van der Waals surface area contributed by atoms with Gasteiger partial charge in [0, 0.05) is 18.3 Å². The molecule has 3 atom stereocenters. The van der Waals surface area contributed by atoms with Gasteiger partial charge in [-0.2, -0.15) is 0 Å². The van der Waals surface area contributed by atoms with Crippen molar-refractivity contribution in [2.45, 2.75) is 52.6 Å². The minimum atomic E-state index is 0.407. The first-order valence-corrected chi connectivity index (χ1v) is 8.31. The number of benzene rings is 1. The van der Waals surface area contributed by atoms with Crippen molar-refractivity contribution in [2.24, 2.45) is 16.7 Å². The Kier molecular flexibility index (Phi) is 3.56. The molecule has 1 aromatic carbocycles. The Morgan fingerprint density at radius 3 is 2.62 bits per heavy atom. The van der Waals surface area contributed by atoms with Crippen molar-refractivity contribution in [3.63, 3.8) is 0 Å². The summed E-state index contributed by atoms with van der Waals surface area (Å²) < 4.78 is 0. The summed E-state index contributed by atoms with van der Waals surface area (Å²) in [4.78, 5) is 2.22. The topological polar surface area (TPSA) is 15.3 Å². The van der Waals surface area contributed by atoms with E-state index >= 15 is 0 Å². The maximum absolute atomic E-state index is 3.90. The molecule has 3 rings (SSSR count). The fraction of sp³-hybridized carbons (Fsp3) is 0.684. The molecule has 0 amide bonds. The van der Waals surface area contributed by atoms with Crippen molar-refractivity contribution in [2.75, 3.05) is 19.4 Å². The van der Waals surface area contributed by atoms with Gasteiger partial charge in [0.1, 0.15) is 0 Å². The molecule has 2 aliphatic rings. The third-order valence-corrected chi connectivity index (χ3v) is 6.01. The van der Waals surface area contributed by atoms with E-state index in [-0.39, 0.29) is 0 Å². The van der Waals surface area contributed by atoms with Gasteiger partial charge in [-0.3, -0.25) is 0 Å². The van der Waals surface area contributed by atoms with Crippen LogP contribution in [0.15, 0.2) is 24.3 Å². The maximum atomic E-state index is 3.90. The minimum absolute atomic E-state index is 0.407. The Hall–Kier alpha value is -1.02. The SMILES string of the molecule is CN(C)Cc1cccc(NC2C3(C)CCC(C3)C2(C)C)c1. The van der Waals surface area contributed by atoms with E-state index < -0.39 is 0 Å². The van der Waals surface area contributed by atoms with Crippen LogP contribution in [-0.2, 0) is 6.54 Å². The van der Waals surface area contributed by atoms with Crippen molar-refractivity contribution in [1.82, 2.24) is 4.90 Å². The van der Waals surface area contributed by atoms with Crippen molar-refractivity contribution in [3.05, 3.63) is 29.8 Å². The summed E-state index contributed by atoms with van der Waals surface area (Å²) in [5.41, 5.74) is 3.56. The van der Waals surface area contributed by atoms with Gasteiger partial charge in [-0.15, -0.1) is 0 Å². The van der Waals surface area contributed by atoms with Crippen LogP contribution in [0.25, 0.3) is 0 Å². The van der Waals surface area contributed by atoms with Crippen LogP contribution in [0.4, 0.5) is 5.69 Å². The second-order valence-electron chi connectivity index (χ2n) is 8.43. The molecule has 0 heterocycles. The zero-order valence-corrected chi connectivity index (χ0v) is 14.2. The summed E-state index contributed by atoms with van der Waals surface area (Å²) in [6, 6.07) is 9.55. The highest BCUT2D eigenvalue weighted by molar-refractivity contribution is 5.48. The Morgan fingerprint density at radius 2 is 2.00 bits per heavy atom. The van der Waals surface area contributed by atoms with Crippen LogP contribution in [0, 0.1) is 16.7 Å². The van der Waals surface area contributed by atoms with Crippen LogP contribution < -0.4 is 5.32 Å². The Balaban J connectivity index is 1.80. The highest BCUT2D eigenvalue weighted by atomic mass is 15.0. The molecule has 2 nitrogen and oxygen atoms in total. The standard InChI is InChI=1S/C19H30N2/c1-18(2)15-9-10-19(3,12-15)17(18)20-16-8-6-7-14(11-16)13-21(4)5/h6-8,11,15,17,20H,9-10,12-13H2,1-5H3. The van der Waals surface area contributed by atoms with Crippen LogP contribution in [0.3, 0.4) is 0 Å². The number of rotatable bonds is 4. The molecule has 3 unspecified atom stereocenters. The first kappa shape index (κ1) is 14.9. The smallest absolute Gasteiger partial charge is 0.0368 e. The van der Waals surface area contributed by atoms with Gasteiger partial charge in [-0.25, -0.2) is 0 Å². The van der Waals surface area contributed by atoms with Gasteiger partial charge in [-0.1, -0.05) is 32.9 Å². The monoisotopic (exact) mass is 286 g/mol. The van der Waals surface area contributed by atoms with E-state index in [1.807, 2.05) is 0 Å². The molecule has 2 heteroatoms. The molecule has 0 aromatic heterocycles. The normalized spacial score (nSPS) is 33.6. The van der Waals surface area contributed by atoms with E-state index in [1.165, 1.54) is 30.5 Å². The quantitative estimate of drug-likeness (QED) is 0.884. The van der Waals surface area contributed by atoms with Crippen molar-refractivity contribution in [1.29, 1.82) is 0 Å². The number of nitrogens with zero attached hydrogens (tertiary/aromatic N) is 1. The number of hydrogen-bond donors (Lipinski definition) is 1. The van der Waals surface area contributed by atoms with Crippen molar-refractivity contribution < 1.29 is 0 Å². The van der Waals surface area contributed by atoms with Gasteiger partial charge in [0.25, 0.3) is 0 Å². The Bertz CT molecular complexity index is 515. The summed E-state index contributed by atoms with van der Waals surface area (Å²) >= 11 is 0. The molecule has 0 spiro atoms. The average Bonchev–Trinajstić information content (AvgIpc) is 2.86. The molecule has 116 valence electrons. The number of fused-ring (bicyclic) bond motifs is 2. The average molecular weight is 286 g/mol. The molecule has 2 saturated carbocycles. The lowest BCUT2D eigenvalue weighted by Crippen LogP contribution is -2.45. The zero-order chi connectivity index (χ0) is 15.3. The van der Waals surface area contributed by atoms with Gasteiger partial charge in [0.2, 0.25) is 0 Å².